The van der Waals surface area contributed by atoms with E-state index in [0.29, 0.717) is 6.54 Å². The van der Waals surface area contributed by atoms with E-state index in [4.69, 9.17) is 5.11 Å². The van der Waals surface area contributed by atoms with E-state index < -0.39 is 16.0 Å². The first-order chi connectivity index (χ1) is 8.48. The van der Waals surface area contributed by atoms with Gasteiger partial charge in [0.05, 0.1) is 0 Å². The van der Waals surface area contributed by atoms with Crippen LogP contribution in [0.1, 0.15) is 35.9 Å². The summed E-state index contributed by atoms with van der Waals surface area (Å²) in [5, 5.41) is 10.5. The van der Waals surface area contributed by atoms with Gasteiger partial charge in [0.1, 0.15) is 9.77 Å². The van der Waals surface area contributed by atoms with Gasteiger partial charge in [-0.3, -0.25) is 0 Å². The topological polar surface area (TPSA) is 74.7 Å². The maximum absolute atomic E-state index is 12.5. The highest BCUT2D eigenvalue weighted by molar-refractivity contribution is 7.89. The van der Waals surface area contributed by atoms with Crippen LogP contribution in [0.2, 0.25) is 0 Å². The molecule has 1 aromatic heterocycles. The van der Waals surface area contributed by atoms with Crippen molar-refractivity contribution in [3.8, 4) is 0 Å². The summed E-state index contributed by atoms with van der Waals surface area (Å²) in [7, 11) is -3.67. The van der Waals surface area contributed by atoms with Crippen molar-refractivity contribution in [1.29, 1.82) is 0 Å². The fourth-order valence-electron chi connectivity index (χ4n) is 1.86. The van der Waals surface area contributed by atoms with Gasteiger partial charge in [-0.25, -0.2) is 13.2 Å². The average Bonchev–Trinajstić information content (AvgIpc) is 2.99. The Hall–Kier alpha value is -0.920. The van der Waals surface area contributed by atoms with Crippen LogP contribution >= 0.6 is 11.3 Å². The van der Waals surface area contributed by atoms with Gasteiger partial charge in [0.25, 0.3) is 0 Å². The van der Waals surface area contributed by atoms with Crippen molar-refractivity contribution in [3.63, 3.8) is 0 Å². The zero-order chi connectivity index (χ0) is 13.3. The summed E-state index contributed by atoms with van der Waals surface area (Å²) in [5.74, 6) is -1.18. The van der Waals surface area contributed by atoms with Gasteiger partial charge in [0.15, 0.2) is 0 Å². The summed E-state index contributed by atoms with van der Waals surface area (Å²) in [6.07, 6.45) is 2.46. The minimum absolute atomic E-state index is 0.0523. The number of nitrogens with zero attached hydrogens (tertiary/aromatic N) is 1. The van der Waals surface area contributed by atoms with Crippen molar-refractivity contribution in [1.82, 2.24) is 4.31 Å². The molecule has 0 spiro atoms. The zero-order valence-electron chi connectivity index (χ0n) is 10.00. The minimum Gasteiger partial charge on any atom is -0.477 e. The van der Waals surface area contributed by atoms with E-state index in [1.165, 1.54) is 15.8 Å². The van der Waals surface area contributed by atoms with E-state index in [1.54, 1.807) is 0 Å². The van der Waals surface area contributed by atoms with Crippen molar-refractivity contribution < 1.29 is 18.3 Å². The lowest BCUT2D eigenvalue weighted by Gasteiger charge is -2.20. The van der Waals surface area contributed by atoms with E-state index in [0.717, 1.165) is 30.6 Å². The lowest BCUT2D eigenvalue weighted by Crippen LogP contribution is -2.34. The van der Waals surface area contributed by atoms with Gasteiger partial charge >= 0.3 is 5.97 Å². The lowest BCUT2D eigenvalue weighted by atomic mass is 10.5. The molecule has 18 heavy (non-hydrogen) atoms. The molecule has 1 N–H and O–H groups in total. The highest BCUT2D eigenvalue weighted by atomic mass is 32.2. The molecule has 100 valence electrons. The van der Waals surface area contributed by atoms with Crippen LogP contribution in [0.25, 0.3) is 0 Å². The monoisotopic (exact) mass is 289 g/mol. The first-order valence-corrected chi connectivity index (χ1v) is 8.13. The second kappa shape index (κ2) is 4.99. The van der Waals surface area contributed by atoms with Crippen LogP contribution < -0.4 is 0 Å². The second-order valence-corrected chi connectivity index (χ2v) is 7.04. The second-order valence-electron chi connectivity index (χ2n) is 4.27. The number of aromatic carboxylic acids is 1. The molecule has 5 nitrogen and oxygen atoms in total. The highest BCUT2D eigenvalue weighted by Crippen LogP contribution is 2.34. The van der Waals surface area contributed by atoms with Crippen molar-refractivity contribution >= 4 is 27.3 Å². The van der Waals surface area contributed by atoms with Crippen LogP contribution in [0.15, 0.2) is 16.3 Å². The molecule has 1 heterocycles. The quantitative estimate of drug-likeness (QED) is 0.869. The standard InChI is InChI=1S/C11H15NO4S2/c1-2-6-12(8-3-4-8)18(15,16)9-5-7-17-10(9)11(13)14/h5,7-8H,2-4,6H2,1H3,(H,13,14). The summed E-state index contributed by atoms with van der Waals surface area (Å²) >= 11 is 0.947. The van der Waals surface area contributed by atoms with Gasteiger partial charge in [-0.05, 0) is 30.7 Å². The van der Waals surface area contributed by atoms with Gasteiger partial charge in [-0.2, -0.15) is 4.31 Å². The Morgan fingerprint density at radius 1 is 1.56 bits per heavy atom. The molecule has 0 radical (unpaired) electrons. The van der Waals surface area contributed by atoms with Crippen LogP contribution in [0.4, 0.5) is 0 Å². The molecular weight excluding hydrogens is 274 g/mol. The summed E-state index contributed by atoms with van der Waals surface area (Å²) in [6.45, 7) is 2.36. The molecule has 0 unspecified atom stereocenters. The Morgan fingerprint density at radius 2 is 2.22 bits per heavy atom. The molecule has 1 fully saturated rings. The number of hydrogen-bond acceptors (Lipinski definition) is 4. The minimum atomic E-state index is -3.67. The predicted molar refractivity (Wildman–Crippen MR) is 68.5 cm³/mol. The van der Waals surface area contributed by atoms with E-state index in [-0.39, 0.29) is 15.8 Å². The van der Waals surface area contributed by atoms with Crippen molar-refractivity contribution in [2.75, 3.05) is 6.54 Å². The van der Waals surface area contributed by atoms with Crippen LogP contribution in [0, 0.1) is 0 Å². The largest absolute Gasteiger partial charge is 0.477 e. The molecule has 0 amide bonds. The molecule has 0 aliphatic heterocycles. The zero-order valence-corrected chi connectivity index (χ0v) is 11.6. The lowest BCUT2D eigenvalue weighted by molar-refractivity contribution is 0.0698. The van der Waals surface area contributed by atoms with Crippen molar-refractivity contribution in [3.05, 3.63) is 16.3 Å². The maximum atomic E-state index is 12.5. The number of carboxylic acids is 1. The molecule has 1 aliphatic carbocycles. The molecule has 1 aliphatic rings. The number of carboxylic acid groups (broad SMARTS) is 1. The SMILES string of the molecule is CCCN(C1CC1)S(=O)(=O)c1ccsc1C(=O)O. The molecule has 1 saturated carbocycles. The summed E-state index contributed by atoms with van der Waals surface area (Å²) < 4.78 is 26.4. The Bertz CT molecular complexity index is 545. The maximum Gasteiger partial charge on any atom is 0.347 e. The number of sulfonamides is 1. The molecule has 2 rings (SSSR count). The van der Waals surface area contributed by atoms with Crippen molar-refractivity contribution in [2.24, 2.45) is 0 Å². The third kappa shape index (κ3) is 2.43. The Balaban J connectivity index is 2.39. The summed E-state index contributed by atoms with van der Waals surface area (Å²) in [4.78, 5) is 10.9. The Labute approximate surface area is 110 Å². The van der Waals surface area contributed by atoms with E-state index in [2.05, 4.69) is 0 Å². The predicted octanol–water partition coefficient (Wildman–Crippen LogP) is 2.01. The Morgan fingerprint density at radius 3 is 2.72 bits per heavy atom. The summed E-state index contributed by atoms with van der Waals surface area (Å²) in [5.41, 5.74) is 0. The van der Waals surface area contributed by atoms with Gasteiger partial charge in [0, 0.05) is 12.6 Å². The van der Waals surface area contributed by atoms with E-state index >= 15 is 0 Å². The first kappa shape index (κ1) is 13.5. The molecule has 0 aromatic carbocycles. The number of carbonyl (C=O) groups is 1. The molecule has 0 atom stereocenters. The molecule has 0 bridgehead atoms. The first-order valence-electron chi connectivity index (χ1n) is 5.81. The molecule has 1 aromatic rings. The fourth-order valence-corrected chi connectivity index (χ4v) is 4.88. The van der Waals surface area contributed by atoms with Crippen LogP contribution in [-0.2, 0) is 10.0 Å². The van der Waals surface area contributed by atoms with E-state index in [1.807, 2.05) is 6.92 Å². The van der Waals surface area contributed by atoms with Gasteiger partial charge < -0.3 is 5.11 Å². The fraction of sp³-hybridized carbons (Fsp3) is 0.545. The normalized spacial score (nSPS) is 16.1. The van der Waals surface area contributed by atoms with Crippen LogP contribution in [0.5, 0.6) is 0 Å². The van der Waals surface area contributed by atoms with Crippen molar-refractivity contribution in [2.45, 2.75) is 37.1 Å². The third-order valence-corrected chi connectivity index (χ3v) is 5.83. The molecule has 0 saturated heterocycles. The number of rotatable bonds is 6. The smallest absolute Gasteiger partial charge is 0.347 e. The van der Waals surface area contributed by atoms with Gasteiger partial charge in [0.2, 0.25) is 10.0 Å². The number of hydrogen-bond donors (Lipinski definition) is 1. The number of thiophene rings is 1. The van der Waals surface area contributed by atoms with Crippen LogP contribution in [0.3, 0.4) is 0 Å². The van der Waals surface area contributed by atoms with Gasteiger partial charge in [-0.15, -0.1) is 11.3 Å². The van der Waals surface area contributed by atoms with Crippen LogP contribution in [-0.4, -0.2) is 36.4 Å². The van der Waals surface area contributed by atoms with E-state index in [9.17, 15) is 13.2 Å². The highest BCUT2D eigenvalue weighted by Gasteiger charge is 2.39. The molecule has 7 heteroatoms. The van der Waals surface area contributed by atoms with Gasteiger partial charge in [-0.1, -0.05) is 6.92 Å². The average molecular weight is 289 g/mol. The summed E-state index contributed by atoms with van der Waals surface area (Å²) in [6, 6.07) is 1.44. The molecular formula is C11H15NO4S2. The third-order valence-electron chi connectivity index (χ3n) is 2.81. The Kier molecular flexibility index (Phi) is 3.74.